The van der Waals surface area contributed by atoms with Crippen molar-refractivity contribution in [3.05, 3.63) is 71.9 Å². The summed E-state index contributed by atoms with van der Waals surface area (Å²) in [6, 6.07) is 17.4. The fourth-order valence-electron chi connectivity index (χ4n) is 3.19. The van der Waals surface area contributed by atoms with Crippen molar-refractivity contribution < 1.29 is 9.53 Å². The molecule has 4 rings (SSSR count). The molecule has 2 N–H and O–H groups in total. The van der Waals surface area contributed by atoms with Crippen LogP contribution >= 0.6 is 0 Å². The third kappa shape index (κ3) is 2.99. The van der Waals surface area contributed by atoms with E-state index in [9.17, 15) is 4.79 Å². The molecule has 0 saturated heterocycles. The van der Waals surface area contributed by atoms with Gasteiger partial charge in [0.25, 0.3) is 5.91 Å². The maximum absolute atomic E-state index is 12.7. The molecular weight excluding hydrogens is 326 g/mol. The second-order valence-electron chi connectivity index (χ2n) is 6.09. The van der Waals surface area contributed by atoms with Crippen molar-refractivity contribution in [2.75, 3.05) is 13.7 Å². The number of ether oxygens (including phenoxy) is 1. The van der Waals surface area contributed by atoms with E-state index >= 15 is 0 Å². The second kappa shape index (κ2) is 6.88. The van der Waals surface area contributed by atoms with Gasteiger partial charge in [-0.05, 0) is 24.1 Å². The summed E-state index contributed by atoms with van der Waals surface area (Å²) >= 11 is 0. The molecule has 2 aromatic heterocycles. The zero-order valence-electron chi connectivity index (χ0n) is 14.5. The summed E-state index contributed by atoms with van der Waals surface area (Å²) in [5.41, 5.74) is 3.62. The van der Waals surface area contributed by atoms with Crippen LogP contribution in [0.3, 0.4) is 0 Å². The average Bonchev–Trinajstić information content (AvgIpc) is 3.10. The van der Waals surface area contributed by atoms with Gasteiger partial charge in [0, 0.05) is 35.1 Å². The second-order valence-corrected chi connectivity index (χ2v) is 6.09. The maximum atomic E-state index is 12.7. The Kier molecular flexibility index (Phi) is 4.27. The first kappa shape index (κ1) is 16.1. The van der Waals surface area contributed by atoms with Crippen LogP contribution in [0.25, 0.3) is 21.8 Å². The molecule has 0 aliphatic carbocycles. The van der Waals surface area contributed by atoms with Crippen molar-refractivity contribution in [1.29, 1.82) is 0 Å². The number of aromatic amines is 1. The fourth-order valence-corrected chi connectivity index (χ4v) is 3.19. The predicted molar refractivity (Wildman–Crippen MR) is 103 cm³/mol. The molecule has 26 heavy (non-hydrogen) atoms. The van der Waals surface area contributed by atoms with Crippen LogP contribution in [0.1, 0.15) is 15.9 Å². The number of H-pyrrole nitrogens is 1. The molecule has 0 radical (unpaired) electrons. The number of amides is 1. The van der Waals surface area contributed by atoms with Gasteiger partial charge in [0.2, 0.25) is 5.88 Å². The maximum Gasteiger partial charge on any atom is 0.252 e. The molecule has 5 nitrogen and oxygen atoms in total. The lowest BCUT2D eigenvalue weighted by atomic mass is 10.1. The van der Waals surface area contributed by atoms with Gasteiger partial charge >= 0.3 is 0 Å². The van der Waals surface area contributed by atoms with Crippen LogP contribution in [0, 0.1) is 0 Å². The van der Waals surface area contributed by atoms with Gasteiger partial charge in [-0.3, -0.25) is 4.79 Å². The van der Waals surface area contributed by atoms with E-state index in [1.807, 2.05) is 48.7 Å². The third-order valence-corrected chi connectivity index (χ3v) is 4.50. The summed E-state index contributed by atoms with van der Waals surface area (Å²) in [6.45, 7) is 0.555. The molecule has 5 heteroatoms. The Labute approximate surface area is 151 Å². The lowest BCUT2D eigenvalue weighted by molar-refractivity contribution is 0.0955. The number of nitrogens with one attached hydrogen (secondary N) is 2. The summed E-state index contributed by atoms with van der Waals surface area (Å²) < 4.78 is 5.23. The molecule has 2 heterocycles. The number of methoxy groups -OCH3 is 1. The Balaban J connectivity index is 1.52. The largest absolute Gasteiger partial charge is 0.481 e. The fraction of sp³-hybridized carbons (Fsp3) is 0.143. The van der Waals surface area contributed by atoms with Crippen LogP contribution in [-0.4, -0.2) is 29.5 Å². The van der Waals surface area contributed by atoms with Gasteiger partial charge in [0.15, 0.2) is 0 Å². The quantitative estimate of drug-likeness (QED) is 0.580. The summed E-state index contributed by atoms with van der Waals surface area (Å²) in [7, 11) is 1.55. The summed E-state index contributed by atoms with van der Waals surface area (Å²) in [5, 5.41) is 5.02. The van der Waals surface area contributed by atoms with Crippen LogP contribution in [-0.2, 0) is 6.42 Å². The molecular formula is C21H19N3O2. The Hall–Kier alpha value is -3.34. The number of rotatable bonds is 5. The van der Waals surface area contributed by atoms with E-state index in [2.05, 4.69) is 21.4 Å². The number of fused-ring (bicyclic) bond motifs is 2. The number of pyridine rings is 1. The summed E-state index contributed by atoms with van der Waals surface area (Å²) in [5.74, 6) is 0.312. The minimum atomic E-state index is -0.123. The smallest absolute Gasteiger partial charge is 0.252 e. The zero-order chi connectivity index (χ0) is 17.9. The van der Waals surface area contributed by atoms with Crippen molar-refractivity contribution in [3.8, 4) is 5.88 Å². The van der Waals surface area contributed by atoms with E-state index in [1.165, 1.54) is 10.9 Å². The van der Waals surface area contributed by atoms with Gasteiger partial charge in [0.1, 0.15) is 0 Å². The van der Waals surface area contributed by atoms with Crippen LogP contribution in [0.5, 0.6) is 5.88 Å². The number of benzene rings is 2. The topological polar surface area (TPSA) is 67.0 Å². The number of aromatic nitrogens is 2. The molecule has 0 atom stereocenters. The van der Waals surface area contributed by atoms with Gasteiger partial charge in [-0.1, -0.05) is 36.4 Å². The Morgan fingerprint density at radius 2 is 1.88 bits per heavy atom. The zero-order valence-corrected chi connectivity index (χ0v) is 14.5. The Morgan fingerprint density at radius 3 is 2.73 bits per heavy atom. The van der Waals surface area contributed by atoms with E-state index in [0.29, 0.717) is 18.0 Å². The lowest BCUT2D eigenvalue weighted by Crippen LogP contribution is -2.26. The Bertz CT molecular complexity index is 1080. The van der Waals surface area contributed by atoms with E-state index in [-0.39, 0.29) is 5.91 Å². The lowest BCUT2D eigenvalue weighted by Gasteiger charge is -2.09. The molecule has 0 unspecified atom stereocenters. The first-order chi connectivity index (χ1) is 12.8. The minimum absolute atomic E-state index is 0.123. The van der Waals surface area contributed by atoms with Crippen LogP contribution in [0.15, 0.2) is 60.8 Å². The van der Waals surface area contributed by atoms with E-state index in [0.717, 1.165) is 22.8 Å². The van der Waals surface area contributed by atoms with Crippen LogP contribution in [0.2, 0.25) is 0 Å². The Morgan fingerprint density at radius 1 is 1.12 bits per heavy atom. The number of carbonyl (C=O) groups excluding carboxylic acids is 1. The molecule has 0 bridgehead atoms. The number of para-hydroxylation sites is 2. The highest BCUT2D eigenvalue weighted by molar-refractivity contribution is 6.06. The SMILES string of the molecule is COc1cc(C(=O)NCCc2c[nH]c3ccccc23)c2ccccc2n1. The number of hydrogen-bond acceptors (Lipinski definition) is 3. The van der Waals surface area contributed by atoms with Crippen molar-refractivity contribution in [2.45, 2.75) is 6.42 Å². The molecule has 2 aromatic carbocycles. The van der Waals surface area contributed by atoms with Gasteiger partial charge in [-0.15, -0.1) is 0 Å². The third-order valence-electron chi connectivity index (χ3n) is 4.50. The molecule has 1 amide bonds. The van der Waals surface area contributed by atoms with Gasteiger partial charge in [0.05, 0.1) is 18.2 Å². The van der Waals surface area contributed by atoms with E-state index in [4.69, 9.17) is 4.74 Å². The first-order valence-corrected chi connectivity index (χ1v) is 8.53. The van der Waals surface area contributed by atoms with Crippen LogP contribution in [0.4, 0.5) is 0 Å². The molecule has 0 aliphatic rings. The first-order valence-electron chi connectivity index (χ1n) is 8.53. The van der Waals surface area contributed by atoms with Gasteiger partial charge in [-0.2, -0.15) is 0 Å². The van der Waals surface area contributed by atoms with Crippen molar-refractivity contribution in [2.24, 2.45) is 0 Å². The summed E-state index contributed by atoms with van der Waals surface area (Å²) in [4.78, 5) is 20.4. The van der Waals surface area contributed by atoms with Crippen molar-refractivity contribution in [3.63, 3.8) is 0 Å². The number of nitrogens with zero attached hydrogens (tertiary/aromatic N) is 1. The molecule has 0 aliphatic heterocycles. The van der Waals surface area contributed by atoms with Gasteiger partial charge in [-0.25, -0.2) is 4.98 Å². The molecule has 0 spiro atoms. The number of hydrogen-bond donors (Lipinski definition) is 2. The van der Waals surface area contributed by atoms with E-state index < -0.39 is 0 Å². The minimum Gasteiger partial charge on any atom is -0.481 e. The van der Waals surface area contributed by atoms with Gasteiger partial charge < -0.3 is 15.0 Å². The normalized spacial score (nSPS) is 11.0. The van der Waals surface area contributed by atoms with Crippen LogP contribution < -0.4 is 10.1 Å². The highest BCUT2D eigenvalue weighted by atomic mass is 16.5. The number of carbonyl (C=O) groups is 1. The summed E-state index contributed by atoms with van der Waals surface area (Å²) in [6.07, 6.45) is 2.76. The molecule has 0 saturated carbocycles. The molecule has 130 valence electrons. The monoisotopic (exact) mass is 345 g/mol. The highest BCUT2D eigenvalue weighted by Gasteiger charge is 2.13. The van der Waals surface area contributed by atoms with Crippen molar-refractivity contribution in [1.82, 2.24) is 15.3 Å². The highest BCUT2D eigenvalue weighted by Crippen LogP contribution is 2.22. The van der Waals surface area contributed by atoms with Crippen molar-refractivity contribution >= 4 is 27.7 Å². The average molecular weight is 345 g/mol. The predicted octanol–water partition coefficient (Wildman–Crippen LogP) is 3.70. The molecule has 4 aromatic rings. The standard InChI is InChI=1S/C21H19N3O2/c1-26-20-12-17(16-7-3-5-9-19(16)24-20)21(25)22-11-10-14-13-23-18-8-4-2-6-15(14)18/h2-9,12-13,23H,10-11H2,1H3,(H,22,25). The molecule has 0 fully saturated rings. The van der Waals surface area contributed by atoms with E-state index in [1.54, 1.807) is 13.2 Å².